The van der Waals surface area contributed by atoms with Crippen LogP contribution in [0.5, 0.6) is 0 Å². The molecule has 0 saturated heterocycles. The van der Waals surface area contributed by atoms with Crippen molar-refractivity contribution >= 4 is 114 Å². The van der Waals surface area contributed by atoms with E-state index in [1.54, 1.807) is 0 Å². The maximum Gasteiger partial charge on any atom is 0.330 e. The summed E-state index contributed by atoms with van der Waals surface area (Å²) in [4.78, 5) is 3.79. The fourth-order valence-corrected chi connectivity index (χ4v) is 15.2. The van der Waals surface area contributed by atoms with Gasteiger partial charge in [0.05, 0.1) is 4.83 Å². The topological polar surface area (TPSA) is 8.17 Å². The monoisotopic (exact) mass is 910 g/mol. The van der Waals surface area contributed by atoms with Gasteiger partial charge in [0, 0.05) is 75.1 Å². The molecule has 0 saturated carbocycles. The second-order valence-corrected chi connectivity index (χ2v) is 23.3. The van der Waals surface area contributed by atoms with Gasteiger partial charge in [0.1, 0.15) is 0 Å². The minimum absolute atomic E-state index is 0.0171. The number of thiophene rings is 2. The Bertz CT molecular complexity index is 3900. The first-order valence-corrected chi connectivity index (χ1v) is 26.0. The van der Waals surface area contributed by atoms with Crippen molar-refractivity contribution in [2.75, 3.05) is 4.90 Å². The minimum Gasteiger partial charge on any atom is -0.367 e. The Kier molecular flexibility index (Phi) is 8.58. The van der Waals surface area contributed by atoms with Gasteiger partial charge in [-0.2, -0.15) is 0 Å². The van der Waals surface area contributed by atoms with Crippen LogP contribution in [0.25, 0.3) is 68.1 Å². The van der Waals surface area contributed by atoms with Gasteiger partial charge in [0.2, 0.25) is 0 Å². The molecule has 2 nitrogen and oxygen atoms in total. The molecule has 1 unspecified atom stereocenters. The molecule has 3 aromatic heterocycles. The fraction of sp³-hybridized carbons (Fsp3) is 0.175. The molecular weight excluding hydrogens is 860 g/mol. The van der Waals surface area contributed by atoms with E-state index < -0.39 is 0 Å². The number of hydrogen-bond acceptors (Lipinski definition) is 3. The van der Waals surface area contributed by atoms with E-state index in [0.717, 1.165) is 23.5 Å². The van der Waals surface area contributed by atoms with Crippen LogP contribution in [0.2, 0.25) is 0 Å². The standard InChI is InChI=1S/C63H51BN2S2/c1-37-30-52-53(63(5,6)29-28-62(52,3)4)32-39(37)31-47-38(2)48-33-42(65(40-18-9-7-10-19-40)41-20-11-8-12-21-41)34-51-44-24-17-25-46-58-45-23-14-16-27-56(45)68-61(58)66(60(44)46)64(59(48)51)54-36-57-50(35-49(47)54)43-22-13-15-26-55(43)67-57/h7-27,30,32-36,47H,2,28-29,31H2,1,3-6H3. The maximum absolute atomic E-state index is 5.34. The second kappa shape index (κ2) is 14.4. The first kappa shape index (κ1) is 40.4. The third kappa shape index (κ3) is 5.69. The molecule has 0 spiro atoms. The van der Waals surface area contributed by atoms with Gasteiger partial charge in [-0.1, -0.05) is 137 Å². The summed E-state index contributed by atoms with van der Waals surface area (Å²) in [5.74, 6) is 0.0171. The van der Waals surface area contributed by atoms with E-state index >= 15 is 0 Å². The van der Waals surface area contributed by atoms with Crippen molar-refractivity contribution in [1.29, 1.82) is 0 Å². The van der Waals surface area contributed by atoms with Crippen LogP contribution in [0.1, 0.15) is 79.8 Å². The number of para-hydroxylation sites is 3. The van der Waals surface area contributed by atoms with Crippen molar-refractivity contribution in [3.8, 4) is 11.1 Å². The largest absolute Gasteiger partial charge is 0.367 e. The van der Waals surface area contributed by atoms with Gasteiger partial charge in [0.25, 0.3) is 0 Å². The molecule has 14 rings (SSSR count). The first-order chi connectivity index (χ1) is 33.0. The Morgan fingerprint density at radius 1 is 0.588 bits per heavy atom. The molecule has 0 fully saturated rings. The van der Waals surface area contributed by atoms with Crippen LogP contribution in [0.3, 0.4) is 0 Å². The van der Waals surface area contributed by atoms with Crippen molar-refractivity contribution in [1.82, 2.24) is 4.48 Å². The molecule has 68 heavy (non-hydrogen) atoms. The summed E-state index contributed by atoms with van der Waals surface area (Å²) in [6.45, 7) is 17.5. The Morgan fingerprint density at radius 2 is 1.21 bits per heavy atom. The normalized spacial score (nSPS) is 16.6. The summed E-state index contributed by atoms with van der Waals surface area (Å²) in [6, 6.07) is 62.4. The summed E-state index contributed by atoms with van der Waals surface area (Å²) >= 11 is 3.88. The van der Waals surface area contributed by atoms with Gasteiger partial charge in [-0.3, -0.25) is 0 Å². The number of aromatic nitrogens is 1. The molecule has 3 aliphatic rings. The molecular formula is C63H51BN2S2. The quantitative estimate of drug-likeness (QED) is 0.156. The van der Waals surface area contributed by atoms with Crippen molar-refractivity contribution in [2.45, 2.75) is 70.6 Å². The van der Waals surface area contributed by atoms with Crippen molar-refractivity contribution < 1.29 is 0 Å². The van der Waals surface area contributed by atoms with E-state index in [2.05, 4.69) is 208 Å². The van der Waals surface area contributed by atoms with Crippen LogP contribution in [-0.4, -0.2) is 11.3 Å². The lowest BCUT2D eigenvalue weighted by molar-refractivity contribution is 0.331. The second-order valence-electron chi connectivity index (χ2n) is 21.2. The summed E-state index contributed by atoms with van der Waals surface area (Å²) < 4.78 is 6.79. The molecule has 0 N–H and O–H groups in total. The number of nitrogens with zero attached hydrogens (tertiary/aromatic N) is 2. The Hall–Kier alpha value is -6.66. The minimum atomic E-state index is -0.0744. The van der Waals surface area contributed by atoms with Crippen LogP contribution in [0.15, 0.2) is 170 Å². The molecule has 1 aliphatic carbocycles. The molecule has 2 aliphatic heterocycles. The molecule has 1 atom stereocenters. The van der Waals surface area contributed by atoms with E-state index in [1.807, 2.05) is 22.7 Å². The van der Waals surface area contributed by atoms with Crippen LogP contribution in [0.4, 0.5) is 17.1 Å². The average molecular weight is 911 g/mol. The number of benzene rings is 8. The lowest BCUT2D eigenvalue weighted by atomic mass is 9.46. The third-order valence-corrected chi connectivity index (χ3v) is 18.7. The van der Waals surface area contributed by atoms with Gasteiger partial charge in [-0.05, 0) is 153 Å². The molecule has 0 bridgehead atoms. The van der Waals surface area contributed by atoms with Gasteiger partial charge in [-0.25, -0.2) is 0 Å². The van der Waals surface area contributed by atoms with Gasteiger partial charge in [-0.15, -0.1) is 22.7 Å². The van der Waals surface area contributed by atoms with Crippen LogP contribution < -0.4 is 15.8 Å². The first-order valence-electron chi connectivity index (χ1n) is 24.4. The highest BCUT2D eigenvalue weighted by Crippen LogP contribution is 2.52. The molecule has 5 heteroatoms. The Balaban J connectivity index is 1.11. The zero-order chi connectivity index (χ0) is 45.8. The fourth-order valence-electron chi connectivity index (χ4n) is 12.8. The zero-order valence-electron chi connectivity index (χ0n) is 39.3. The summed E-state index contributed by atoms with van der Waals surface area (Å²) in [7, 11) is 0. The van der Waals surface area contributed by atoms with Crippen LogP contribution in [-0.2, 0) is 17.3 Å². The number of aryl methyl sites for hydroxylation is 1. The van der Waals surface area contributed by atoms with Gasteiger partial charge < -0.3 is 9.38 Å². The third-order valence-electron chi connectivity index (χ3n) is 16.4. The lowest BCUT2D eigenvalue weighted by Gasteiger charge is -2.42. The molecule has 11 aromatic rings. The number of fused-ring (bicyclic) bond motifs is 13. The maximum atomic E-state index is 5.34. The molecule has 5 heterocycles. The van der Waals surface area contributed by atoms with Crippen LogP contribution >= 0.6 is 22.7 Å². The summed E-state index contributed by atoms with van der Waals surface area (Å²) in [5.41, 5.74) is 20.0. The Morgan fingerprint density at radius 3 is 1.93 bits per heavy atom. The highest BCUT2D eigenvalue weighted by Gasteiger charge is 2.44. The molecule has 328 valence electrons. The van der Waals surface area contributed by atoms with Crippen LogP contribution in [0, 0.1) is 6.92 Å². The average Bonchev–Trinajstić information content (AvgIpc) is 4.00. The summed E-state index contributed by atoms with van der Waals surface area (Å²) in [6.07, 6.45) is 3.26. The molecule has 0 amide bonds. The van der Waals surface area contributed by atoms with E-state index in [9.17, 15) is 0 Å². The van der Waals surface area contributed by atoms with E-state index in [0.29, 0.717) is 0 Å². The van der Waals surface area contributed by atoms with E-state index in [1.165, 1.54) is 125 Å². The van der Waals surface area contributed by atoms with Crippen molar-refractivity contribution in [3.05, 3.63) is 204 Å². The SMILES string of the molecule is C=C1c2cc(N(c3ccccc3)c3ccccc3)cc3c2B(c2cc4sc5ccccc5c4cc2C1Cc1cc2c(cc1C)C(C)(C)CCC2(C)C)n1c2sc4ccccc4c2c2cccc-3c21. The lowest BCUT2D eigenvalue weighted by Crippen LogP contribution is -2.52. The highest BCUT2D eigenvalue weighted by molar-refractivity contribution is 7.26. The predicted molar refractivity (Wildman–Crippen MR) is 297 cm³/mol. The van der Waals surface area contributed by atoms with E-state index in [4.69, 9.17) is 6.58 Å². The predicted octanol–water partition coefficient (Wildman–Crippen LogP) is 16.5. The van der Waals surface area contributed by atoms with Crippen molar-refractivity contribution in [2.24, 2.45) is 0 Å². The number of anilines is 3. The van der Waals surface area contributed by atoms with Gasteiger partial charge in [0.15, 0.2) is 0 Å². The number of allylic oxidation sites excluding steroid dienone is 1. The highest BCUT2D eigenvalue weighted by atomic mass is 32.1. The molecule has 8 aromatic carbocycles. The van der Waals surface area contributed by atoms with Gasteiger partial charge >= 0.3 is 6.85 Å². The molecule has 0 radical (unpaired) electrons. The Labute approximate surface area is 406 Å². The number of rotatable bonds is 5. The van der Waals surface area contributed by atoms with Crippen molar-refractivity contribution in [3.63, 3.8) is 0 Å². The smallest absolute Gasteiger partial charge is 0.330 e. The summed E-state index contributed by atoms with van der Waals surface area (Å²) in [5, 5.41) is 6.72. The zero-order valence-corrected chi connectivity index (χ0v) is 40.9. The van der Waals surface area contributed by atoms with E-state index in [-0.39, 0.29) is 23.6 Å². The number of hydrogen-bond donors (Lipinski definition) is 0.